The quantitative estimate of drug-likeness (QED) is 0.648. The van der Waals surface area contributed by atoms with Crippen molar-refractivity contribution in [3.8, 4) is 0 Å². The number of aliphatic hydroxyl groups is 2. The van der Waals surface area contributed by atoms with E-state index in [1.54, 1.807) is 0 Å². The molecule has 1 saturated heterocycles. The number of likely N-dealkylation sites (tertiary alicyclic amines) is 1. The van der Waals surface area contributed by atoms with E-state index in [0.29, 0.717) is 11.8 Å². The minimum Gasteiger partial charge on any atom is -0.394 e. The molecule has 13 heavy (non-hydrogen) atoms. The monoisotopic (exact) mass is 187 g/mol. The second-order valence-electron chi connectivity index (χ2n) is 4.50. The predicted octanol–water partition coefficient (Wildman–Crippen LogP) is 0.173. The van der Waals surface area contributed by atoms with Gasteiger partial charge in [-0.15, -0.1) is 0 Å². The Morgan fingerprint density at radius 2 is 1.77 bits per heavy atom. The normalized spacial score (nSPS) is 39.0. The molecule has 0 saturated carbocycles. The lowest BCUT2D eigenvalue weighted by Crippen LogP contribution is -2.47. The van der Waals surface area contributed by atoms with Crippen LogP contribution in [0.5, 0.6) is 0 Å². The first-order chi connectivity index (χ1) is 6.06. The lowest BCUT2D eigenvalue weighted by Gasteiger charge is -2.41. The van der Waals surface area contributed by atoms with Gasteiger partial charge in [0.25, 0.3) is 0 Å². The van der Waals surface area contributed by atoms with Gasteiger partial charge in [-0.25, -0.2) is 0 Å². The summed E-state index contributed by atoms with van der Waals surface area (Å²) >= 11 is 0. The SMILES string of the molecule is CC1CN(C)CC(C)C1C(O)CO. The molecule has 3 heteroatoms. The third-order valence-electron chi connectivity index (χ3n) is 3.14. The minimum atomic E-state index is -0.543. The van der Waals surface area contributed by atoms with Gasteiger partial charge in [0.1, 0.15) is 0 Å². The van der Waals surface area contributed by atoms with Gasteiger partial charge < -0.3 is 15.1 Å². The summed E-state index contributed by atoms with van der Waals surface area (Å²) in [5.74, 6) is 1.19. The van der Waals surface area contributed by atoms with Crippen molar-refractivity contribution >= 4 is 0 Å². The second kappa shape index (κ2) is 4.40. The molecule has 3 unspecified atom stereocenters. The van der Waals surface area contributed by atoms with Gasteiger partial charge in [-0.3, -0.25) is 0 Å². The Hall–Kier alpha value is -0.120. The van der Waals surface area contributed by atoms with E-state index >= 15 is 0 Å². The van der Waals surface area contributed by atoms with Crippen LogP contribution in [0.1, 0.15) is 13.8 Å². The molecule has 0 aromatic carbocycles. The van der Waals surface area contributed by atoms with Crippen molar-refractivity contribution in [2.24, 2.45) is 17.8 Å². The highest BCUT2D eigenvalue weighted by molar-refractivity contribution is 4.85. The zero-order valence-electron chi connectivity index (χ0n) is 8.77. The first kappa shape index (κ1) is 11.0. The van der Waals surface area contributed by atoms with Crippen LogP contribution in [0.25, 0.3) is 0 Å². The summed E-state index contributed by atoms with van der Waals surface area (Å²) in [5.41, 5.74) is 0. The Kier molecular flexibility index (Phi) is 3.71. The smallest absolute Gasteiger partial charge is 0.0805 e. The lowest BCUT2D eigenvalue weighted by atomic mass is 9.76. The van der Waals surface area contributed by atoms with Crippen LogP contribution in [-0.4, -0.2) is 48.0 Å². The summed E-state index contributed by atoms with van der Waals surface area (Å²) in [6.07, 6.45) is -0.543. The fourth-order valence-electron chi connectivity index (χ4n) is 2.74. The number of piperidine rings is 1. The summed E-state index contributed by atoms with van der Waals surface area (Å²) < 4.78 is 0. The molecule has 0 aromatic rings. The number of hydrogen-bond donors (Lipinski definition) is 2. The summed E-state index contributed by atoms with van der Waals surface area (Å²) in [6, 6.07) is 0. The van der Waals surface area contributed by atoms with Crippen LogP contribution in [-0.2, 0) is 0 Å². The Balaban J connectivity index is 2.61. The van der Waals surface area contributed by atoms with Crippen LogP contribution in [0.15, 0.2) is 0 Å². The lowest BCUT2D eigenvalue weighted by molar-refractivity contribution is -0.0312. The molecule has 0 spiro atoms. The van der Waals surface area contributed by atoms with Gasteiger partial charge in [0, 0.05) is 13.1 Å². The number of aliphatic hydroxyl groups excluding tert-OH is 2. The molecule has 78 valence electrons. The average Bonchev–Trinajstić information content (AvgIpc) is 2.02. The molecule has 0 radical (unpaired) electrons. The highest BCUT2D eigenvalue weighted by Gasteiger charge is 2.34. The highest BCUT2D eigenvalue weighted by atomic mass is 16.3. The minimum absolute atomic E-state index is 0.108. The first-order valence-electron chi connectivity index (χ1n) is 5.03. The van der Waals surface area contributed by atoms with Gasteiger partial charge in [-0.05, 0) is 24.8 Å². The van der Waals surface area contributed by atoms with Gasteiger partial charge in [0.05, 0.1) is 12.7 Å². The Bertz CT molecular complexity index is 151. The second-order valence-corrected chi connectivity index (χ2v) is 4.50. The molecule has 2 N–H and O–H groups in total. The van der Waals surface area contributed by atoms with E-state index in [9.17, 15) is 5.11 Å². The number of nitrogens with zero attached hydrogens (tertiary/aromatic N) is 1. The van der Waals surface area contributed by atoms with Crippen molar-refractivity contribution in [3.05, 3.63) is 0 Å². The van der Waals surface area contributed by atoms with Crippen molar-refractivity contribution in [3.63, 3.8) is 0 Å². The van der Waals surface area contributed by atoms with E-state index in [0.717, 1.165) is 13.1 Å². The molecule has 0 aliphatic carbocycles. The molecule has 1 fully saturated rings. The maximum atomic E-state index is 9.64. The fourth-order valence-corrected chi connectivity index (χ4v) is 2.74. The molecule has 3 nitrogen and oxygen atoms in total. The molecule has 1 heterocycles. The Morgan fingerprint density at radius 1 is 1.31 bits per heavy atom. The first-order valence-corrected chi connectivity index (χ1v) is 5.03. The molecule has 0 bridgehead atoms. The number of rotatable bonds is 2. The predicted molar refractivity (Wildman–Crippen MR) is 52.4 cm³/mol. The molecular formula is C10H21NO2. The molecule has 0 aromatic heterocycles. The van der Waals surface area contributed by atoms with E-state index in [1.165, 1.54) is 0 Å². The van der Waals surface area contributed by atoms with E-state index in [2.05, 4.69) is 25.8 Å². The summed E-state index contributed by atoms with van der Waals surface area (Å²) in [4.78, 5) is 2.29. The van der Waals surface area contributed by atoms with Gasteiger partial charge in [-0.1, -0.05) is 13.8 Å². The van der Waals surface area contributed by atoms with Gasteiger partial charge >= 0.3 is 0 Å². The molecular weight excluding hydrogens is 166 g/mol. The summed E-state index contributed by atoms with van der Waals surface area (Å²) in [5, 5.41) is 18.6. The van der Waals surface area contributed by atoms with Crippen LogP contribution in [0.2, 0.25) is 0 Å². The van der Waals surface area contributed by atoms with Gasteiger partial charge in [0.15, 0.2) is 0 Å². The molecule has 1 aliphatic heterocycles. The molecule has 1 rings (SSSR count). The van der Waals surface area contributed by atoms with E-state index in [-0.39, 0.29) is 12.5 Å². The van der Waals surface area contributed by atoms with Crippen molar-refractivity contribution < 1.29 is 10.2 Å². The topological polar surface area (TPSA) is 43.7 Å². The van der Waals surface area contributed by atoms with E-state index in [4.69, 9.17) is 5.11 Å². The van der Waals surface area contributed by atoms with E-state index in [1.807, 2.05) is 0 Å². The van der Waals surface area contributed by atoms with E-state index < -0.39 is 6.10 Å². The molecule has 0 amide bonds. The van der Waals surface area contributed by atoms with Crippen molar-refractivity contribution in [1.82, 2.24) is 4.90 Å². The number of hydrogen-bond acceptors (Lipinski definition) is 3. The maximum Gasteiger partial charge on any atom is 0.0805 e. The van der Waals surface area contributed by atoms with Crippen LogP contribution in [0.3, 0.4) is 0 Å². The standard InChI is InChI=1S/C10H21NO2/c1-7-4-11(3)5-8(2)10(7)9(13)6-12/h7-10,12-13H,4-6H2,1-3H3. The highest BCUT2D eigenvalue weighted by Crippen LogP contribution is 2.30. The Labute approximate surface area is 80.4 Å². The zero-order chi connectivity index (χ0) is 10.0. The average molecular weight is 187 g/mol. The Morgan fingerprint density at radius 3 is 2.15 bits per heavy atom. The van der Waals surface area contributed by atoms with Crippen LogP contribution < -0.4 is 0 Å². The van der Waals surface area contributed by atoms with Crippen LogP contribution in [0, 0.1) is 17.8 Å². The van der Waals surface area contributed by atoms with Crippen molar-refractivity contribution in [2.45, 2.75) is 20.0 Å². The largest absolute Gasteiger partial charge is 0.394 e. The van der Waals surface area contributed by atoms with Crippen molar-refractivity contribution in [2.75, 3.05) is 26.7 Å². The summed E-state index contributed by atoms with van der Waals surface area (Å²) in [7, 11) is 2.11. The van der Waals surface area contributed by atoms with Crippen molar-refractivity contribution in [1.29, 1.82) is 0 Å². The van der Waals surface area contributed by atoms with Crippen LogP contribution >= 0.6 is 0 Å². The maximum absolute atomic E-state index is 9.64. The zero-order valence-corrected chi connectivity index (χ0v) is 8.77. The third-order valence-corrected chi connectivity index (χ3v) is 3.14. The van der Waals surface area contributed by atoms with Gasteiger partial charge in [-0.2, -0.15) is 0 Å². The molecule has 1 aliphatic rings. The third kappa shape index (κ3) is 2.42. The fraction of sp³-hybridized carbons (Fsp3) is 1.00. The van der Waals surface area contributed by atoms with Gasteiger partial charge in [0.2, 0.25) is 0 Å². The van der Waals surface area contributed by atoms with Crippen LogP contribution in [0.4, 0.5) is 0 Å². The molecule has 3 atom stereocenters. The summed E-state index contributed by atoms with van der Waals surface area (Å²) in [6.45, 7) is 6.23.